The molecule has 28 heteroatoms. The van der Waals surface area contributed by atoms with E-state index in [-0.39, 0.29) is 48.4 Å². The molecule has 1 N–H and O–H groups in total. The molecule has 4 aliphatic heterocycles. The number of hydrogen-bond donors (Lipinski definition) is 1. The molecule has 4 aromatic heterocycles. The zero-order valence-corrected chi connectivity index (χ0v) is 44.6. The highest BCUT2D eigenvalue weighted by Gasteiger charge is 2.56. The van der Waals surface area contributed by atoms with Crippen LogP contribution in [0.2, 0.25) is 18.1 Å². The Morgan fingerprint density at radius 1 is 0.972 bits per heavy atom. The van der Waals surface area contributed by atoms with E-state index in [1.54, 1.807) is 41.4 Å². The Kier molecular flexibility index (Phi) is 15.2. The van der Waals surface area contributed by atoms with Gasteiger partial charge in [-0.25, -0.2) is 35.7 Å². The van der Waals surface area contributed by atoms with E-state index in [4.69, 9.17) is 71.4 Å². The van der Waals surface area contributed by atoms with Gasteiger partial charge in [-0.2, -0.15) is 0 Å². The molecule has 5 aromatic rings. The molecule has 8 heterocycles. The first-order chi connectivity index (χ1) is 34.2. The Morgan fingerprint density at radius 3 is 2.46 bits per heavy atom. The van der Waals surface area contributed by atoms with E-state index in [1.165, 1.54) is 39.6 Å². The lowest BCUT2D eigenvalue weighted by atomic mass is 10.1. The van der Waals surface area contributed by atoms with Crippen molar-refractivity contribution in [1.29, 1.82) is 0 Å². The lowest BCUT2D eigenvalue weighted by molar-refractivity contribution is -0.116. The summed E-state index contributed by atoms with van der Waals surface area (Å²) in [6.07, 6.45) is -4.18. The Balaban J connectivity index is 1.06. The van der Waals surface area contributed by atoms with Crippen molar-refractivity contribution in [2.24, 2.45) is 0 Å². The first-order valence-electron chi connectivity index (χ1n) is 23.1. The van der Waals surface area contributed by atoms with Gasteiger partial charge in [0.25, 0.3) is 5.56 Å². The maximum absolute atomic E-state index is 17.3. The SMILES string of the molecule is [C-]#[N+]CCOP1(=S)OC[C@H]2O[C@@H](n3cc4c5c(ncnc53)N(C(C)=O)CCC4)[C@@H](F)[C@@H]2OP(O)(=S)OC[C@H]2O[C@@H](n3cnc4c(=O)n(CCOC(=O)c5ccccc5)cnc43)[C@H](O1)[C@@H]2O[Si](C)(C)C(C)(C)C. The van der Waals surface area contributed by atoms with Gasteiger partial charge in [0.15, 0.2) is 38.1 Å². The number of rotatable bonds is 11. The van der Waals surface area contributed by atoms with Gasteiger partial charge in [0.05, 0.1) is 37.0 Å². The molecule has 9 rings (SSSR count). The Hall–Kier alpha value is -4.29. The van der Waals surface area contributed by atoms with Crippen molar-refractivity contribution in [3.05, 3.63) is 88.4 Å². The molecule has 22 nitrogen and oxygen atoms in total. The largest absolute Gasteiger partial charge is 0.460 e. The number of carbonyl (C=O) groups excluding carboxylic acids is 2. The molecule has 0 saturated carbocycles. The predicted octanol–water partition coefficient (Wildman–Crippen LogP) is 5.91. The number of carbonyl (C=O) groups is 2. The number of benzene rings is 1. The number of imidazole rings is 1. The van der Waals surface area contributed by atoms with Crippen molar-refractivity contribution in [2.75, 3.05) is 44.4 Å². The number of nitrogens with zero attached hydrogens (tertiary/aromatic N) is 9. The normalized spacial score (nSPS) is 29.2. The third kappa shape index (κ3) is 10.5. The molecule has 0 radical (unpaired) electrons. The molecule has 1 amide bonds. The van der Waals surface area contributed by atoms with Crippen LogP contribution in [0.5, 0.6) is 0 Å². The van der Waals surface area contributed by atoms with Gasteiger partial charge in [0.2, 0.25) is 12.5 Å². The third-order valence-corrected chi connectivity index (χ3v) is 21.7. The summed E-state index contributed by atoms with van der Waals surface area (Å²) in [5, 5.41) is 0.205. The average molecular weight is 1090 g/mol. The quantitative estimate of drug-likeness (QED) is 0.0533. The molecule has 3 saturated heterocycles. The van der Waals surface area contributed by atoms with Crippen LogP contribution in [-0.4, -0.2) is 135 Å². The van der Waals surface area contributed by atoms with Gasteiger partial charge in [-0.05, 0) is 72.3 Å². The lowest BCUT2D eigenvalue weighted by Crippen LogP contribution is -2.50. The Labute approximate surface area is 424 Å². The van der Waals surface area contributed by atoms with E-state index in [9.17, 15) is 19.3 Å². The molecule has 10 atom stereocenters. The Morgan fingerprint density at radius 2 is 1.72 bits per heavy atom. The van der Waals surface area contributed by atoms with E-state index in [1.807, 2.05) is 33.9 Å². The van der Waals surface area contributed by atoms with Crippen LogP contribution in [-0.2, 0) is 82.6 Å². The average Bonchev–Trinajstić information content (AvgIpc) is 4.06. The van der Waals surface area contributed by atoms with Gasteiger partial charge in [-0.1, -0.05) is 39.0 Å². The van der Waals surface area contributed by atoms with Crippen molar-refractivity contribution >= 4 is 85.3 Å². The Bertz CT molecular complexity index is 3070. The van der Waals surface area contributed by atoms with Crippen molar-refractivity contribution in [3.63, 3.8) is 0 Å². The van der Waals surface area contributed by atoms with Crippen molar-refractivity contribution in [1.82, 2.24) is 33.6 Å². The third-order valence-electron chi connectivity index (χ3n) is 13.4. The highest BCUT2D eigenvalue weighted by Crippen LogP contribution is 2.58. The molecule has 2 unspecified atom stereocenters. The van der Waals surface area contributed by atoms with E-state index in [0.29, 0.717) is 41.8 Å². The number of halogens is 1. The molecular weight excluding hydrogens is 1040 g/mol. The van der Waals surface area contributed by atoms with Crippen molar-refractivity contribution < 1.29 is 60.1 Å². The molecule has 3 fully saturated rings. The molecule has 72 heavy (non-hydrogen) atoms. The highest BCUT2D eigenvalue weighted by atomic mass is 32.5. The van der Waals surface area contributed by atoms with Gasteiger partial charge < -0.3 is 46.5 Å². The summed E-state index contributed by atoms with van der Waals surface area (Å²) in [5.41, 5.74) is 0.943. The monoisotopic (exact) mass is 1090 g/mol. The van der Waals surface area contributed by atoms with Gasteiger partial charge in [-0.3, -0.25) is 32.7 Å². The molecule has 2 bridgehead atoms. The lowest BCUT2D eigenvalue weighted by Gasteiger charge is -2.41. The van der Waals surface area contributed by atoms with Gasteiger partial charge in [0.1, 0.15) is 67.9 Å². The second-order valence-electron chi connectivity index (χ2n) is 19.1. The van der Waals surface area contributed by atoms with Crippen molar-refractivity contribution in [2.45, 2.75) is 114 Å². The van der Waals surface area contributed by atoms with E-state index >= 15 is 4.39 Å². The standard InChI is InChI=1S/C44H54FN9O13P2S2Si/c1-26(55)52-16-11-14-28-20-53(38-31(28)37(52)47-23-48-38)41-32(45)34-29(63-41)22-62-69(71,60-18-15-46-5)66-36-35(67-72(6,7)44(2,3)4)30(21-61-68(58,70)65-34)64-42(36)54-25-49-33-39(54)50-24-51(40(33)56)17-19-59-43(57)27-12-9-8-10-13-27/h8-10,12-13,20,23-25,29-30,32,34-36,41-42H,11,14-19,21-22H2,1-4,6-7H3,(H,58,70)/t29-,30-,32+,34-,35-,36-,41-,42-,68?,69?/m1/s1. The fourth-order valence-electron chi connectivity index (χ4n) is 8.74. The maximum atomic E-state index is 17.3. The number of aromatic nitrogens is 7. The highest BCUT2D eigenvalue weighted by molar-refractivity contribution is 8.07. The number of aryl methyl sites for hydroxylation is 1. The number of ether oxygens (including phenoxy) is 3. The van der Waals surface area contributed by atoms with Crippen LogP contribution in [0.3, 0.4) is 0 Å². The molecule has 0 spiro atoms. The van der Waals surface area contributed by atoms with Crippen LogP contribution in [0.25, 0.3) is 27.0 Å². The van der Waals surface area contributed by atoms with E-state index < -0.39 is 95.6 Å². The summed E-state index contributed by atoms with van der Waals surface area (Å²) < 4.78 is 78.7. The summed E-state index contributed by atoms with van der Waals surface area (Å²) in [6.45, 7) is 9.59. The van der Waals surface area contributed by atoms with Gasteiger partial charge in [0, 0.05) is 19.7 Å². The summed E-state index contributed by atoms with van der Waals surface area (Å²) in [7, 11) is -2.78. The number of anilines is 1. The minimum absolute atomic E-state index is 0.0220. The number of hydrogen-bond acceptors (Lipinski definition) is 18. The van der Waals surface area contributed by atoms with Crippen LogP contribution >= 0.6 is 13.4 Å². The minimum atomic E-state index is -4.38. The topological polar surface area (TPSA) is 228 Å². The zero-order valence-electron chi connectivity index (χ0n) is 40.1. The van der Waals surface area contributed by atoms with E-state index in [2.05, 4.69) is 24.8 Å². The summed E-state index contributed by atoms with van der Waals surface area (Å²) in [6, 6.07) is 8.45. The minimum Gasteiger partial charge on any atom is -0.460 e. The van der Waals surface area contributed by atoms with Crippen molar-refractivity contribution in [3.8, 4) is 0 Å². The summed E-state index contributed by atoms with van der Waals surface area (Å²) >= 11 is 11.7. The molecule has 4 aliphatic rings. The summed E-state index contributed by atoms with van der Waals surface area (Å²) in [5.74, 6) is -0.365. The van der Waals surface area contributed by atoms with E-state index in [0.717, 1.165) is 5.56 Å². The van der Waals surface area contributed by atoms with Crippen LogP contribution in [0, 0.1) is 6.57 Å². The number of esters is 1. The van der Waals surface area contributed by atoms with Crippen LogP contribution in [0.15, 0.2) is 60.3 Å². The number of amides is 1. The smallest absolute Gasteiger partial charge is 0.338 e. The first-order valence-corrected chi connectivity index (χ1v) is 31.2. The maximum Gasteiger partial charge on any atom is 0.338 e. The molecule has 1 aromatic carbocycles. The number of fused-ring (bicyclic) bond motifs is 4. The van der Waals surface area contributed by atoms with Gasteiger partial charge >= 0.3 is 19.4 Å². The van der Waals surface area contributed by atoms with Crippen LogP contribution in [0.4, 0.5) is 10.2 Å². The number of alkyl halides is 1. The fraction of sp³-hybridized carbons (Fsp3) is 0.545. The first kappa shape index (κ1) is 52.6. The second-order valence-corrected chi connectivity index (χ2v) is 29.6. The van der Waals surface area contributed by atoms with Gasteiger partial charge in [-0.15, -0.1) is 0 Å². The zero-order chi connectivity index (χ0) is 51.3. The predicted molar refractivity (Wildman–Crippen MR) is 267 cm³/mol. The summed E-state index contributed by atoms with van der Waals surface area (Å²) in [4.78, 5) is 73.9. The fourth-order valence-corrected chi connectivity index (χ4v) is 13.5. The van der Waals surface area contributed by atoms with Crippen LogP contribution in [0.1, 0.15) is 62.5 Å². The molecular formula is C44H54FN9O13P2S2Si. The second kappa shape index (κ2) is 20.8. The molecule has 0 aliphatic carbocycles. The van der Waals surface area contributed by atoms with Crippen LogP contribution < -0.4 is 10.5 Å². The molecule has 386 valence electrons.